The average Bonchev–Trinajstić information content (AvgIpc) is 4.10. The van der Waals surface area contributed by atoms with Crippen LogP contribution in [0.3, 0.4) is 0 Å². The number of phenolic OH excluding ortho intramolecular Hbond substituents is 2. The number of hydrogen-bond acceptors (Lipinski definition) is 10. The first-order chi connectivity index (χ1) is 32.9. The molecule has 68 heavy (non-hydrogen) atoms. The number of ketones is 2. The van der Waals surface area contributed by atoms with Crippen LogP contribution < -0.4 is 10.1 Å². The molecule has 0 radical (unpaired) electrons. The second kappa shape index (κ2) is 19.0. The van der Waals surface area contributed by atoms with Crippen LogP contribution in [0.2, 0.25) is 0 Å². The molecule has 1 saturated carbocycles. The Kier molecular flexibility index (Phi) is 12.7. The number of phenols is 2. The molecule has 4 heterocycles. The van der Waals surface area contributed by atoms with Gasteiger partial charge < -0.3 is 50.7 Å². The summed E-state index contributed by atoms with van der Waals surface area (Å²) in [6, 6.07) is 17.4. The van der Waals surface area contributed by atoms with Crippen LogP contribution >= 0.6 is 0 Å². The number of fused-ring (bicyclic) bond motifs is 8. The van der Waals surface area contributed by atoms with Crippen molar-refractivity contribution in [2.24, 2.45) is 11.8 Å². The molecule has 352 valence electrons. The van der Waals surface area contributed by atoms with Crippen LogP contribution in [0, 0.1) is 23.7 Å². The Morgan fingerprint density at radius 2 is 1.71 bits per heavy atom. The van der Waals surface area contributed by atoms with Gasteiger partial charge in [0.15, 0.2) is 17.3 Å². The molecule has 2 aliphatic heterocycles. The lowest BCUT2D eigenvalue weighted by molar-refractivity contribution is -0.135. The number of H-pyrrole nitrogens is 2. The minimum atomic E-state index is -1.44. The summed E-state index contributed by atoms with van der Waals surface area (Å²) >= 11 is 0. The molecule has 5 aromatic rings. The van der Waals surface area contributed by atoms with E-state index in [1.54, 1.807) is 42.6 Å². The molecule has 5 bridgehead atoms. The summed E-state index contributed by atoms with van der Waals surface area (Å²) < 4.78 is 6.41. The molecule has 0 unspecified atom stereocenters. The fourth-order valence-electron chi connectivity index (χ4n) is 11.4. The maximum absolute atomic E-state index is 15.8. The van der Waals surface area contributed by atoms with Crippen LogP contribution in [0.4, 0.5) is 5.82 Å². The van der Waals surface area contributed by atoms with E-state index in [1.807, 2.05) is 48.7 Å². The van der Waals surface area contributed by atoms with E-state index in [0.29, 0.717) is 47.3 Å². The quantitative estimate of drug-likeness (QED) is 0.0606. The molecule has 1 fully saturated rings. The van der Waals surface area contributed by atoms with Crippen molar-refractivity contribution < 1.29 is 45.0 Å². The highest BCUT2D eigenvalue weighted by Crippen LogP contribution is 2.48. The first-order valence-electron chi connectivity index (χ1n) is 24.1. The Morgan fingerprint density at radius 1 is 0.868 bits per heavy atom. The van der Waals surface area contributed by atoms with E-state index in [1.165, 1.54) is 0 Å². The van der Waals surface area contributed by atoms with Gasteiger partial charge in [0.2, 0.25) is 0 Å². The van der Waals surface area contributed by atoms with Crippen molar-refractivity contribution in [2.45, 2.75) is 119 Å². The third-order valence-electron chi connectivity index (χ3n) is 15.0. The number of hydrogen-bond donors (Lipinski definition) is 9. The number of aliphatic hydroxyl groups excluding tert-OH is 3. The number of Topliss-reactive ketones (excluding diaryl/α,β-unsaturated/α-hetero) is 2. The van der Waals surface area contributed by atoms with E-state index in [4.69, 9.17) is 4.74 Å². The highest BCUT2D eigenvalue weighted by molar-refractivity contribution is 6.05. The van der Waals surface area contributed by atoms with Crippen molar-refractivity contribution in [3.63, 3.8) is 0 Å². The van der Waals surface area contributed by atoms with Crippen LogP contribution in [-0.4, -0.2) is 82.6 Å². The Labute approximate surface area is 395 Å². The van der Waals surface area contributed by atoms with Crippen LogP contribution in [0.15, 0.2) is 84.7 Å². The van der Waals surface area contributed by atoms with Crippen LogP contribution in [-0.2, 0) is 35.3 Å². The zero-order valence-electron chi connectivity index (χ0n) is 38.0. The third kappa shape index (κ3) is 9.04. The number of carbonyl (C=O) groups is 2. The molecule has 10 rings (SSSR count). The number of rotatable bonds is 6. The van der Waals surface area contributed by atoms with E-state index < -0.39 is 54.0 Å². The van der Waals surface area contributed by atoms with Crippen LogP contribution in [0.25, 0.3) is 12.2 Å². The third-order valence-corrected chi connectivity index (χ3v) is 15.0. The van der Waals surface area contributed by atoms with Crippen molar-refractivity contribution in [3.8, 4) is 29.1 Å². The Hall–Kier alpha value is -6.36. The van der Waals surface area contributed by atoms with E-state index in [0.717, 1.165) is 59.2 Å². The summed E-state index contributed by atoms with van der Waals surface area (Å²) in [4.78, 5) is 37.4. The molecule has 0 amide bonds. The normalized spacial score (nSPS) is 26.1. The molecule has 9 N–H and O–H groups in total. The first-order valence-corrected chi connectivity index (χ1v) is 24.1. The van der Waals surface area contributed by atoms with Gasteiger partial charge in [-0.2, -0.15) is 0 Å². The van der Waals surface area contributed by atoms with Gasteiger partial charge in [0.1, 0.15) is 29.5 Å². The number of aliphatic hydroxyl groups is 4. The van der Waals surface area contributed by atoms with Gasteiger partial charge in [-0.15, -0.1) is 0 Å². The summed E-state index contributed by atoms with van der Waals surface area (Å²) in [6.07, 6.45) is 12.0. The SMILES string of the molecule is O=C1CCc2cc(OC3CCCC3)c(O)c(c2)[C@H](O)c2ccc3c(c2)Cc2cc[nH]c2N[C@H](C#CC[C@@H](O)C3)C2=Cc3[nH]ccc3[C@H](C[C@]3(O)C=Cc4c(O)cccc4CC3)[C@@H]2C(=O)[C@@H]1CCO. The topological polar surface area (TPSA) is 208 Å². The van der Waals surface area contributed by atoms with E-state index >= 15 is 4.79 Å². The minimum Gasteiger partial charge on any atom is -0.507 e. The Balaban J connectivity index is 1.13. The summed E-state index contributed by atoms with van der Waals surface area (Å²) in [5.41, 5.74) is 6.19. The molecule has 3 aliphatic carbocycles. The molecule has 0 spiro atoms. The van der Waals surface area contributed by atoms with Crippen molar-refractivity contribution in [1.29, 1.82) is 0 Å². The molecular weight excluding hydrogens is 859 g/mol. The maximum Gasteiger partial charge on any atom is 0.163 e. The molecule has 12 heteroatoms. The number of carbonyl (C=O) groups excluding carboxylic acids is 2. The Bertz CT molecular complexity index is 2860. The lowest BCUT2D eigenvalue weighted by Gasteiger charge is -2.39. The predicted octanol–water partition coefficient (Wildman–Crippen LogP) is 7.50. The van der Waals surface area contributed by atoms with E-state index in [2.05, 4.69) is 27.1 Å². The van der Waals surface area contributed by atoms with Crippen LogP contribution in [0.5, 0.6) is 17.2 Å². The number of anilines is 1. The summed E-state index contributed by atoms with van der Waals surface area (Å²) in [6.45, 7) is -0.428. The lowest BCUT2D eigenvalue weighted by atomic mass is 9.65. The highest BCUT2D eigenvalue weighted by Gasteiger charge is 2.46. The standard InChI is InChI=1S/C56H59N3O9/c60-24-19-42-49(63)14-11-32-25-44(53(65)50(26-32)68-39-7-1-2-8-39)52(64)35-13-12-34-29-38(61)6-4-9-46(59-55-36(17-22-58-55)28-37(34)27-35)43-30-47-41(18-23-57-47)45(51(43)54(42)66)31-56(67)20-15-33-5-3-10-48(62)40(33)16-21-56/h3,5,10,12-13,16-18,21-23,25-27,30,38-39,42,45-46,51-52,57-62,64-65,67H,1-2,6-8,11,14-15,19-20,24,28-29,31H2/t38-,42-,45+,46-,51-,52-,56-/m1/s1. The maximum atomic E-state index is 15.8. The van der Waals surface area contributed by atoms with Gasteiger partial charge in [0, 0.05) is 66.9 Å². The van der Waals surface area contributed by atoms with Gasteiger partial charge in [-0.1, -0.05) is 54.3 Å². The monoisotopic (exact) mass is 917 g/mol. The fourth-order valence-corrected chi connectivity index (χ4v) is 11.4. The molecule has 7 atom stereocenters. The molecule has 3 aromatic carbocycles. The van der Waals surface area contributed by atoms with Crippen LogP contribution in [0.1, 0.15) is 126 Å². The highest BCUT2D eigenvalue weighted by atomic mass is 16.5. The van der Waals surface area contributed by atoms with Gasteiger partial charge in [-0.25, -0.2) is 0 Å². The van der Waals surface area contributed by atoms with Crippen molar-refractivity contribution >= 4 is 29.5 Å². The number of aryl methyl sites for hydroxylation is 2. The average molecular weight is 918 g/mol. The summed E-state index contributed by atoms with van der Waals surface area (Å²) in [7, 11) is 0. The van der Waals surface area contributed by atoms with Gasteiger partial charge in [-0.05, 0) is 145 Å². The lowest BCUT2D eigenvalue weighted by Crippen LogP contribution is -2.42. The number of aromatic nitrogens is 2. The number of ether oxygens (including phenoxy) is 1. The zero-order chi connectivity index (χ0) is 47.1. The number of aromatic hydroxyl groups is 2. The fraction of sp³-hybridized carbons (Fsp3) is 0.393. The van der Waals surface area contributed by atoms with Crippen molar-refractivity contribution in [2.75, 3.05) is 11.9 Å². The predicted molar refractivity (Wildman–Crippen MR) is 258 cm³/mol. The molecule has 5 aliphatic rings. The van der Waals surface area contributed by atoms with Crippen molar-refractivity contribution in [3.05, 3.63) is 140 Å². The summed E-state index contributed by atoms with van der Waals surface area (Å²) in [5, 5.41) is 73.2. The molecular formula is C56H59N3O9. The largest absolute Gasteiger partial charge is 0.507 e. The van der Waals surface area contributed by atoms with E-state index in [9.17, 15) is 35.4 Å². The smallest absolute Gasteiger partial charge is 0.163 e. The van der Waals surface area contributed by atoms with Gasteiger partial charge in [0.05, 0.1) is 23.7 Å². The second-order valence-corrected chi connectivity index (χ2v) is 19.5. The van der Waals surface area contributed by atoms with Gasteiger partial charge >= 0.3 is 0 Å². The number of benzene rings is 3. The summed E-state index contributed by atoms with van der Waals surface area (Å²) in [5.74, 6) is 3.73. The minimum absolute atomic E-state index is 0.0795. The number of aromatic amines is 2. The van der Waals surface area contributed by atoms with Gasteiger partial charge in [0.25, 0.3) is 0 Å². The van der Waals surface area contributed by atoms with E-state index in [-0.39, 0.29) is 73.2 Å². The molecule has 0 saturated heterocycles. The molecule has 12 nitrogen and oxygen atoms in total. The Morgan fingerprint density at radius 3 is 2.54 bits per heavy atom. The van der Waals surface area contributed by atoms with Gasteiger partial charge in [-0.3, -0.25) is 9.59 Å². The number of nitrogens with one attached hydrogen (secondary N) is 3. The first kappa shape index (κ1) is 45.4. The zero-order valence-corrected chi connectivity index (χ0v) is 38.0. The second-order valence-electron chi connectivity index (χ2n) is 19.5. The molecule has 2 aromatic heterocycles. The van der Waals surface area contributed by atoms with Crippen molar-refractivity contribution in [1.82, 2.24) is 9.97 Å².